The molecule has 0 bridgehead atoms. The van der Waals surface area contributed by atoms with Crippen LogP contribution in [-0.4, -0.2) is 20.7 Å². The van der Waals surface area contributed by atoms with Crippen molar-refractivity contribution in [3.8, 4) is 0 Å². The van der Waals surface area contributed by atoms with Gasteiger partial charge in [0.2, 0.25) is 11.9 Å². The second-order valence-electron chi connectivity index (χ2n) is 6.93. The summed E-state index contributed by atoms with van der Waals surface area (Å²) in [6.45, 7) is 4.04. The van der Waals surface area contributed by atoms with Crippen LogP contribution >= 0.6 is 0 Å². The van der Waals surface area contributed by atoms with E-state index < -0.39 is 0 Å². The summed E-state index contributed by atoms with van der Waals surface area (Å²) < 4.78 is 1.82. The molecule has 0 saturated carbocycles. The highest BCUT2D eigenvalue weighted by molar-refractivity contribution is 5.89. The molecule has 2 N–H and O–H groups in total. The minimum atomic E-state index is -0.114. The molecule has 6 nitrogen and oxygen atoms in total. The molecular weight excluding hydrogens is 350 g/mol. The largest absolute Gasteiger partial charge is 0.324 e. The summed E-state index contributed by atoms with van der Waals surface area (Å²) in [5.74, 6) is 0.855. The van der Waals surface area contributed by atoms with Crippen molar-refractivity contribution in [1.82, 2.24) is 14.8 Å². The Morgan fingerprint density at radius 2 is 1.89 bits per heavy atom. The van der Waals surface area contributed by atoms with Crippen molar-refractivity contribution >= 4 is 23.5 Å². The Morgan fingerprint density at radius 3 is 2.61 bits per heavy atom. The summed E-state index contributed by atoms with van der Waals surface area (Å²) >= 11 is 0. The molecular formula is C22H23N5O. The second kappa shape index (κ2) is 7.68. The van der Waals surface area contributed by atoms with Crippen LogP contribution in [0.25, 0.3) is 5.70 Å². The number of benzene rings is 2. The highest BCUT2D eigenvalue weighted by Crippen LogP contribution is 2.33. The molecule has 28 heavy (non-hydrogen) atoms. The van der Waals surface area contributed by atoms with Gasteiger partial charge in [-0.15, -0.1) is 5.10 Å². The third-order valence-corrected chi connectivity index (χ3v) is 4.70. The Balaban J connectivity index is 1.73. The van der Waals surface area contributed by atoms with Crippen LogP contribution in [0.5, 0.6) is 0 Å². The van der Waals surface area contributed by atoms with E-state index in [1.807, 2.05) is 29.8 Å². The number of aryl methyl sites for hydroxylation is 1. The normalized spacial score (nSPS) is 15.4. The van der Waals surface area contributed by atoms with E-state index in [1.165, 1.54) is 5.56 Å². The zero-order valence-corrected chi connectivity index (χ0v) is 16.0. The number of carbonyl (C=O) groups is 1. The van der Waals surface area contributed by atoms with E-state index in [4.69, 9.17) is 0 Å². The van der Waals surface area contributed by atoms with Crippen molar-refractivity contribution in [3.63, 3.8) is 0 Å². The Kier molecular flexibility index (Phi) is 4.93. The maximum Gasteiger partial charge on any atom is 0.250 e. The Bertz CT molecular complexity index is 1010. The fourth-order valence-electron chi connectivity index (χ4n) is 3.25. The first-order valence-corrected chi connectivity index (χ1v) is 9.51. The molecule has 2 heterocycles. The number of nitrogens with one attached hydrogen (secondary N) is 2. The average molecular weight is 373 g/mol. The molecule has 0 saturated heterocycles. The van der Waals surface area contributed by atoms with Gasteiger partial charge in [-0.1, -0.05) is 67.1 Å². The first kappa shape index (κ1) is 18.0. The van der Waals surface area contributed by atoms with Gasteiger partial charge in [0.05, 0.1) is 0 Å². The van der Waals surface area contributed by atoms with E-state index >= 15 is 0 Å². The summed E-state index contributed by atoms with van der Waals surface area (Å²) in [5, 5.41) is 10.7. The highest BCUT2D eigenvalue weighted by atomic mass is 16.1. The van der Waals surface area contributed by atoms with E-state index in [0.29, 0.717) is 18.3 Å². The van der Waals surface area contributed by atoms with Crippen molar-refractivity contribution < 1.29 is 4.79 Å². The SMILES string of the molecule is CCCC(=O)Nc1nc2n(n1)C(c1ccc(C)cc1)C=C(c1ccccc1)N2. The van der Waals surface area contributed by atoms with Crippen molar-refractivity contribution in [3.05, 3.63) is 77.4 Å². The number of allylic oxidation sites excluding steroid dienone is 1. The minimum Gasteiger partial charge on any atom is -0.324 e. The van der Waals surface area contributed by atoms with E-state index in [9.17, 15) is 4.79 Å². The number of amides is 1. The van der Waals surface area contributed by atoms with Gasteiger partial charge >= 0.3 is 0 Å². The van der Waals surface area contributed by atoms with Crippen LogP contribution in [0.1, 0.15) is 42.5 Å². The van der Waals surface area contributed by atoms with Gasteiger partial charge in [-0.3, -0.25) is 10.1 Å². The molecule has 142 valence electrons. The van der Waals surface area contributed by atoms with E-state index in [1.54, 1.807) is 0 Å². The smallest absolute Gasteiger partial charge is 0.250 e. The summed E-state index contributed by atoms with van der Waals surface area (Å²) in [6, 6.07) is 18.4. The molecule has 0 spiro atoms. The van der Waals surface area contributed by atoms with Crippen LogP contribution in [-0.2, 0) is 4.79 Å². The molecule has 3 aromatic rings. The molecule has 1 unspecified atom stereocenters. The van der Waals surface area contributed by atoms with E-state index in [2.05, 4.69) is 70.1 Å². The fourth-order valence-corrected chi connectivity index (χ4v) is 3.25. The van der Waals surface area contributed by atoms with Gasteiger partial charge in [0.1, 0.15) is 6.04 Å². The number of anilines is 2. The van der Waals surface area contributed by atoms with Crippen molar-refractivity contribution in [2.24, 2.45) is 0 Å². The number of hydrogen-bond donors (Lipinski definition) is 2. The molecule has 1 aromatic heterocycles. The topological polar surface area (TPSA) is 71.8 Å². The maximum absolute atomic E-state index is 12.0. The van der Waals surface area contributed by atoms with E-state index in [0.717, 1.165) is 23.2 Å². The number of hydrogen-bond acceptors (Lipinski definition) is 4. The standard InChI is InChI=1S/C22H23N5O/c1-3-7-20(28)24-21-25-22-23-18(16-8-5-4-6-9-16)14-19(27(22)26-21)17-12-10-15(2)11-13-17/h4-6,8-14,19H,3,7H2,1-2H3,(H2,23,24,25,26,28). The van der Waals surface area contributed by atoms with Crippen LogP contribution in [0.15, 0.2) is 60.7 Å². The monoisotopic (exact) mass is 373 g/mol. The Labute approximate surface area is 164 Å². The first-order valence-electron chi connectivity index (χ1n) is 9.51. The lowest BCUT2D eigenvalue weighted by Gasteiger charge is -2.24. The maximum atomic E-state index is 12.0. The zero-order chi connectivity index (χ0) is 19.5. The molecule has 0 fully saturated rings. The van der Waals surface area contributed by atoms with Crippen LogP contribution in [0, 0.1) is 6.92 Å². The van der Waals surface area contributed by atoms with Crippen molar-refractivity contribution in [2.75, 3.05) is 10.6 Å². The molecule has 1 amide bonds. The number of aromatic nitrogens is 3. The molecule has 1 aliphatic rings. The lowest BCUT2D eigenvalue weighted by molar-refractivity contribution is -0.116. The minimum absolute atomic E-state index is 0.0754. The van der Waals surface area contributed by atoms with Gasteiger partial charge < -0.3 is 5.32 Å². The van der Waals surface area contributed by atoms with Crippen LogP contribution < -0.4 is 10.6 Å². The molecule has 1 aliphatic heterocycles. The highest BCUT2D eigenvalue weighted by Gasteiger charge is 2.25. The van der Waals surface area contributed by atoms with Gasteiger partial charge in [-0.05, 0) is 30.5 Å². The summed E-state index contributed by atoms with van der Waals surface area (Å²) in [5.41, 5.74) is 4.36. The number of fused-ring (bicyclic) bond motifs is 1. The molecule has 2 aromatic carbocycles. The third kappa shape index (κ3) is 3.67. The van der Waals surface area contributed by atoms with Gasteiger partial charge in [-0.25, -0.2) is 4.68 Å². The van der Waals surface area contributed by atoms with Crippen LogP contribution in [0.3, 0.4) is 0 Å². The Morgan fingerprint density at radius 1 is 1.14 bits per heavy atom. The van der Waals surface area contributed by atoms with Crippen LogP contribution in [0.4, 0.5) is 11.9 Å². The molecule has 1 atom stereocenters. The fraction of sp³-hybridized carbons (Fsp3) is 0.227. The predicted octanol–water partition coefficient (Wildman–Crippen LogP) is 4.38. The first-order chi connectivity index (χ1) is 13.6. The summed E-state index contributed by atoms with van der Waals surface area (Å²) in [6.07, 6.45) is 3.37. The number of rotatable bonds is 5. The van der Waals surface area contributed by atoms with Crippen molar-refractivity contribution in [1.29, 1.82) is 0 Å². The summed E-state index contributed by atoms with van der Waals surface area (Å²) in [4.78, 5) is 16.5. The molecule has 4 rings (SSSR count). The van der Waals surface area contributed by atoms with Gasteiger partial charge in [-0.2, -0.15) is 4.98 Å². The predicted molar refractivity (Wildman–Crippen MR) is 111 cm³/mol. The molecule has 6 heteroatoms. The van der Waals surface area contributed by atoms with E-state index in [-0.39, 0.29) is 11.9 Å². The second-order valence-corrected chi connectivity index (χ2v) is 6.93. The lowest BCUT2D eigenvalue weighted by atomic mass is 10.0. The third-order valence-electron chi connectivity index (χ3n) is 4.70. The van der Waals surface area contributed by atoms with Crippen LogP contribution in [0.2, 0.25) is 0 Å². The number of carbonyl (C=O) groups excluding carboxylic acids is 1. The van der Waals surface area contributed by atoms with Crippen molar-refractivity contribution in [2.45, 2.75) is 32.7 Å². The quantitative estimate of drug-likeness (QED) is 0.696. The van der Waals surface area contributed by atoms with Gasteiger partial charge in [0, 0.05) is 12.1 Å². The summed E-state index contributed by atoms with van der Waals surface area (Å²) in [7, 11) is 0. The zero-order valence-electron chi connectivity index (χ0n) is 16.0. The lowest BCUT2D eigenvalue weighted by Crippen LogP contribution is -2.20. The molecule has 0 aliphatic carbocycles. The molecule has 0 radical (unpaired) electrons. The van der Waals surface area contributed by atoms with Gasteiger partial charge in [0.25, 0.3) is 5.95 Å². The Hall–Kier alpha value is -3.41. The number of nitrogens with zero attached hydrogens (tertiary/aromatic N) is 3. The van der Waals surface area contributed by atoms with Gasteiger partial charge in [0.15, 0.2) is 0 Å². The average Bonchev–Trinajstić information content (AvgIpc) is 3.11.